The summed E-state index contributed by atoms with van der Waals surface area (Å²) in [5.41, 5.74) is 3.48. The van der Waals surface area contributed by atoms with Crippen LogP contribution in [-0.2, 0) is 22.6 Å². The van der Waals surface area contributed by atoms with Gasteiger partial charge in [0.25, 0.3) is 5.91 Å². The number of fused-ring (bicyclic) bond motifs is 2. The summed E-state index contributed by atoms with van der Waals surface area (Å²) in [5.74, 6) is 0.0607. The highest BCUT2D eigenvalue weighted by Gasteiger charge is 2.36. The molecule has 1 N–H and O–H groups in total. The van der Waals surface area contributed by atoms with Crippen molar-refractivity contribution < 1.29 is 14.3 Å². The molecule has 2 heterocycles. The van der Waals surface area contributed by atoms with Gasteiger partial charge in [0.05, 0.1) is 17.8 Å². The van der Waals surface area contributed by atoms with Crippen LogP contribution in [-0.4, -0.2) is 41.0 Å². The van der Waals surface area contributed by atoms with Gasteiger partial charge in [0, 0.05) is 37.3 Å². The maximum absolute atomic E-state index is 13.4. The second-order valence-corrected chi connectivity index (χ2v) is 8.47. The van der Waals surface area contributed by atoms with E-state index in [2.05, 4.69) is 23.7 Å². The Hall–Kier alpha value is -3.12. The van der Waals surface area contributed by atoms with Gasteiger partial charge in [-0.2, -0.15) is 0 Å². The predicted octanol–water partition coefficient (Wildman–Crippen LogP) is 4.30. The predicted molar refractivity (Wildman–Crippen MR) is 122 cm³/mol. The number of methoxy groups -OCH3 is 1. The maximum Gasteiger partial charge on any atom is 0.255 e. The molecule has 6 heteroatoms. The molecule has 0 spiro atoms. The van der Waals surface area contributed by atoms with Crippen LogP contribution in [0.1, 0.15) is 36.2 Å². The Morgan fingerprint density at radius 3 is 2.68 bits per heavy atom. The highest BCUT2D eigenvalue weighted by atomic mass is 16.5. The van der Waals surface area contributed by atoms with Gasteiger partial charge in [-0.15, -0.1) is 0 Å². The molecule has 0 bridgehead atoms. The van der Waals surface area contributed by atoms with E-state index in [1.54, 1.807) is 12.0 Å². The van der Waals surface area contributed by atoms with Crippen LogP contribution in [0.2, 0.25) is 0 Å². The number of amides is 2. The number of aromatic nitrogens is 1. The first kappa shape index (κ1) is 21.1. The molecule has 0 saturated carbocycles. The fourth-order valence-electron chi connectivity index (χ4n) is 4.28. The van der Waals surface area contributed by atoms with Crippen molar-refractivity contribution in [3.05, 3.63) is 65.9 Å². The fourth-order valence-corrected chi connectivity index (χ4v) is 4.28. The van der Waals surface area contributed by atoms with E-state index in [0.717, 1.165) is 28.7 Å². The largest absolute Gasteiger partial charge is 0.383 e. The molecular formula is C25H29N3O3. The minimum Gasteiger partial charge on any atom is -0.383 e. The van der Waals surface area contributed by atoms with Gasteiger partial charge in [0.1, 0.15) is 6.04 Å². The van der Waals surface area contributed by atoms with Gasteiger partial charge in [-0.25, -0.2) is 0 Å². The van der Waals surface area contributed by atoms with Gasteiger partial charge in [-0.05, 0) is 42.2 Å². The lowest BCUT2D eigenvalue weighted by atomic mass is 10.0. The maximum atomic E-state index is 13.4. The zero-order valence-corrected chi connectivity index (χ0v) is 18.3. The number of nitrogens with zero attached hydrogens (tertiary/aromatic N) is 2. The third kappa shape index (κ3) is 4.21. The van der Waals surface area contributed by atoms with Gasteiger partial charge < -0.3 is 19.5 Å². The molecular weight excluding hydrogens is 390 g/mol. The molecule has 0 aliphatic carbocycles. The zero-order chi connectivity index (χ0) is 22.0. The summed E-state index contributed by atoms with van der Waals surface area (Å²) in [6, 6.07) is 15.0. The topological polar surface area (TPSA) is 63.6 Å². The van der Waals surface area contributed by atoms with Crippen molar-refractivity contribution in [1.29, 1.82) is 0 Å². The van der Waals surface area contributed by atoms with Crippen LogP contribution in [0.25, 0.3) is 10.9 Å². The molecule has 4 rings (SSSR count). The third-order valence-corrected chi connectivity index (χ3v) is 5.83. The Balaban J connectivity index is 1.59. The Morgan fingerprint density at radius 1 is 1.13 bits per heavy atom. The first-order valence-corrected chi connectivity index (χ1v) is 10.8. The van der Waals surface area contributed by atoms with Gasteiger partial charge in [0.2, 0.25) is 5.91 Å². The van der Waals surface area contributed by atoms with E-state index in [0.29, 0.717) is 25.1 Å². The normalized spacial score (nSPS) is 14.3. The number of hydrogen-bond acceptors (Lipinski definition) is 3. The van der Waals surface area contributed by atoms with E-state index >= 15 is 0 Å². The van der Waals surface area contributed by atoms with Crippen molar-refractivity contribution in [2.45, 2.75) is 39.4 Å². The third-order valence-electron chi connectivity index (χ3n) is 5.83. The van der Waals surface area contributed by atoms with Gasteiger partial charge in [-0.1, -0.05) is 38.1 Å². The molecule has 1 aliphatic heterocycles. The SMILES string of the molecule is COCCn1ccc2c(NC(=O)[C@@H](CC(C)C)N3Cc4ccccc4C3=O)cccc21. The van der Waals surface area contributed by atoms with Crippen LogP contribution >= 0.6 is 0 Å². The molecule has 6 nitrogen and oxygen atoms in total. The summed E-state index contributed by atoms with van der Waals surface area (Å²) in [7, 11) is 1.68. The first-order chi connectivity index (χ1) is 15.0. The Labute approximate surface area is 182 Å². The Morgan fingerprint density at radius 2 is 1.94 bits per heavy atom. The van der Waals surface area contributed by atoms with E-state index in [1.807, 2.05) is 54.7 Å². The number of nitrogens with one attached hydrogen (secondary N) is 1. The second-order valence-electron chi connectivity index (χ2n) is 8.47. The minimum absolute atomic E-state index is 0.0691. The van der Waals surface area contributed by atoms with E-state index < -0.39 is 6.04 Å². The summed E-state index contributed by atoms with van der Waals surface area (Å²) in [6.45, 7) is 5.98. The van der Waals surface area contributed by atoms with Crippen LogP contribution in [0, 0.1) is 5.92 Å². The molecule has 0 radical (unpaired) electrons. The summed E-state index contributed by atoms with van der Waals surface area (Å²) in [5, 5.41) is 4.08. The lowest BCUT2D eigenvalue weighted by Crippen LogP contribution is -2.45. The molecule has 0 saturated heterocycles. The number of hydrogen-bond donors (Lipinski definition) is 1. The van der Waals surface area contributed by atoms with Gasteiger partial charge in [-0.3, -0.25) is 9.59 Å². The van der Waals surface area contributed by atoms with Gasteiger partial charge >= 0.3 is 0 Å². The molecule has 0 fully saturated rings. The summed E-state index contributed by atoms with van der Waals surface area (Å²) in [4.78, 5) is 28.2. The smallest absolute Gasteiger partial charge is 0.255 e. The molecule has 1 aliphatic rings. The minimum atomic E-state index is -0.522. The highest BCUT2D eigenvalue weighted by molar-refractivity contribution is 6.06. The average molecular weight is 420 g/mol. The number of anilines is 1. The lowest BCUT2D eigenvalue weighted by Gasteiger charge is -2.28. The van der Waals surface area contributed by atoms with E-state index in [4.69, 9.17) is 4.74 Å². The van der Waals surface area contributed by atoms with Crippen molar-refractivity contribution in [3.63, 3.8) is 0 Å². The monoisotopic (exact) mass is 419 g/mol. The quantitative estimate of drug-likeness (QED) is 0.592. The van der Waals surface area contributed by atoms with Crippen LogP contribution in [0.15, 0.2) is 54.7 Å². The number of rotatable bonds is 8. The van der Waals surface area contributed by atoms with Crippen molar-refractivity contribution in [1.82, 2.24) is 9.47 Å². The van der Waals surface area contributed by atoms with Crippen molar-refractivity contribution >= 4 is 28.4 Å². The van der Waals surface area contributed by atoms with E-state index in [-0.39, 0.29) is 17.7 Å². The van der Waals surface area contributed by atoms with Crippen LogP contribution < -0.4 is 5.32 Å². The molecule has 162 valence electrons. The molecule has 2 aromatic carbocycles. The number of carbonyl (C=O) groups excluding carboxylic acids is 2. The number of benzene rings is 2. The zero-order valence-electron chi connectivity index (χ0n) is 18.3. The second kappa shape index (κ2) is 8.94. The lowest BCUT2D eigenvalue weighted by molar-refractivity contribution is -0.121. The van der Waals surface area contributed by atoms with E-state index in [9.17, 15) is 9.59 Å². The van der Waals surface area contributed by atoms with Crippen LogP contribution in [0.4, 0.5) is 5.69 Å². The summed E-state index contributed by atoms with van der Waals surface area (Å²) < 4.78 is 7.30. The highest BCUT2D eigenvalue weighted by Crippen LogP contribution is 2.29. The molecule has 1 aromatic heterocycles. The van der Waals surface area contributed by atoms with E-state index in [1.165, 1.54) is 0 Å². The average Bonchev–Trinajstić information content (AvgIpc) is 3.32. The molecule has 31 heavy (non-hydrogen) atoms. The van der Waals surface area contributed by atoms with Crippen LogP contribution in [0.3, 0.4) is 0 Å². The van der Waals surface area contributed by atoms with Crippen molar-refractivity contribution in [2.75, 3.05) is 19.0 Å². The first-order valence-electron chi connectivity index (χ1n) is 10.8. The van der Waals surface area contributed by atoms with Crippen molar-refractivity contribution in [3.8, 4) is 0 Å². The van der Waals surface area contributed by atoms with Crippen molar-refractivity contribution in [2.24, 2.45) is 5.92 Å². The molecule has 2 amide bonds. The molecule has 1 atom stereocenters. The van der Waals surface area contributed by atoms with Gasteiger partial charge in [0.15, 0.2) is 0 Å². The summed E-state index contributed by atoms with van der Waals surface area (Å²) in [6.07, 6.45) is 2.61. The number of ether oxygens (including phenoxy) is 1. The Kier molecular flexibility index (Phi) is 6.09. The Bertz CT molecular complexity index is 1100. The summed E-state index contributed by atoms with van der Waals surface area (Å²) >= 11 is 0. The molecule has 0 unspecified atom stereocenters. The fraction of sp³-hybridized carbons (Fsp3) is 0.360. The molecule has 3 aromatic rings. The standard InChI is InChI=1S/C25H29N3O3/c1-17(2)15-23(28-16-18-7-4-5-8-19(18)25(28)30)24(29)26-21-9-6-10-22-20(21)11-12-27(22)13-14-31-3/h4-12,17,23H,13-16H2,1-3H3,(H,26,29)/t23-/m1/s1. The van der Waals surface area contributed by atoms with Crippen LogP contribution in [0.5, 0.6) is 0 Å². The number of carbonyl (C=O) groups is 2.